The molecule has 0 atom stereocenters. The Hall–Kier alpha value is -1.61. The molecule has 1 saturated heterocycles. The highest BCUT2D eigenvalue weighted by Crippen LogP contribution is 2.20. The number of benzene rings is 1. The van der Waals surface area contributed by atoms with Gasteiger partial charge in [0.05, 0.1) is 6.42 Å². The molecule has 1 aliphatic carbocycles. The number of amides is 1. The predicted molar refractivity (Wildman–Crippen MR) is 94.3 cm³/mol. The summed E-state index contributed by atoms with van der Waals surface area (Å²) in [4.78, 5) is 16.9. The van der Waals surface area contributed by atoms with Gasteiger partial charge in [0.2, 0.25) is 5.91 Å². The molecule has 23 heavy (non-hydrogen) atoms. The number of rotatable bonds is 5. The van der Waals surface area contributed by atoms with E-state index in [1.165, 1.54) is 32.1 Å². The minimum atomic E-state index is 0.269. The van der Waals surface area contributed by atoms with Crippen LogP contribution in [-0.2, 0) is 11.2 Å². The second-order valence-electron chi connectivity index (χ2n) is 6.74. The first-order valence-corrected chi connectivity index (χ1v) is 9.03. The molecule has 0 saturated carbocycles. The molecule has 3 nitrogen and oxygen atoms in total. The molecule has 0 spiro atoms. The molecule has 2 aliphatic rings. The Balaban J connectivity index is 1.39. The third-order valence-corrected chi connectivity index (χ3v) is 5.06. The van der Waals surface area contributed by atoms with Crippen molar-refractivity contribution in [1.82, 2.24) is 9.80 Å². The molecule has 0 N–H and O–H groups in total. The maximum Gasteiger partial charge on any atom is 0.227 e. The highest BCUT2D eigenvalue weighted by Gasteiger charge is 2.21. The lowest BCUT2D eigenvalue weighted by molar-refractivity contribution is -0.132. The van der Waals surface area contributed by atoms with E-state index in [1.807, 2.05) is 35.2 Å². The topological polar surface area (TPSA) is 23.6 Å². The summed E-state index contributed by atoms with van der Waals surface area (Å²) in [5.41, 5.74) is 2.77. The second-order valence-corrected chi connectivity index (χ2v) is 6.74. The molecule has 1 aromatic carbocycles. The zero-order chi connectivity index (χ0) is 15.9. The summed E-state index contributed by atoms with van der Waals surface area (Å²) in [6.07, 6.45) is 9.51. The number of carbonyl (C=O) groups is 1. The van der Waals surface area contributed by atoms with Crippen LogP contribution in [0.15, 0.2) is 42.0 Å². The second kappa shape index (κ2) is 8.30. The zero-order valence-corrected chi connectivity index (χ0v) is 14.0. The standard InChI is InChI=1S/C20H28N2O/c23-20(17-19-9-5-2-6-10-19)22-15-13-21(14-16-22)12-11-18-7-3-1-4-8-18/h2,5-7,9-10H,1,3-4,8,11-17H2. The maximum absolute atomic E-state index is 12.4. The van der Waals surface area contributed by atoms with Gasteiger partial charge in [-0.25, -0.2) is 0 Å². The fourth-order valence-corrected chi connectivity index (χ4v) is 3.54. The van der Waals surface area contributed by atoms with Crippen LogP contribution < -0.4 is 0 Å². The van der Waals surface area contributed by atoms with Gasteiger partial charge in [0.25, 0.3) is 0 Å². The number of allylic oxidation sites excluding steroid dienone is 1. The summed E-state index contributed by atoms with van der Waals surface area (Å²) in [6, 6.07) is 10.1. The van der Waals surface area contributed by atoms with Crippen molar-refractivity contribution >= 4 is 5.91 Å². The van der Waals surface area contributed by atoms with Gasteiger partial charge in [-0.2, -0.15) is 0 Å². The Morgan fingerprint density at radius 1 is 1.00 bits per heavy atom. The number of hydrogen-bond acceptors (Lipinski definition) is 2. The van der Waals surface area contributed by atoms with Crippen molar-refractivity contribution in [1.29, 1.82) is 0 Å². The Morgan fingerprint density at radius 2 is 1.78 bits per heavy atom. The molecule has 1 fully saturated rings. The number of nitrogens with zero attached hydrogens (tertiary/aromatic N) is 2. The van der Waals surface area contributed by atoms with E-state index >= 15 is 0 Å². The van der Waals surface area contributed by atoms with Gasteiger partial charge in [0.15, 0.2) is 0 Å². The third kappa shape index (κ3) is 4.93. The fourth-order valence-electron chi connectivity index (χ4n) is 3.54. The van der Waals surface area contributed by atoms with Crippen molar-refractivity contribution in [2.75, 3.05) is 32.7 Å². The normalized spacial score (nSPS) is 19.5. The maximum atomic E-state index is 12.4. The zero-order valence-electron chi connectivity index (χ0n) is 14.0. The van der Waals surface area contributed by atoms with Gasteiger partial charge in [0, 0.05) is 32.7 Å². The van der Waals surface area contributed by atoms with Crippen molar-refractivity contribution in [2.24, 2.45) is 0 Å². The van der Waals surface area contributed by atoms with Crippen LogP contribution in [-0.4, -0.2) is 48.4 Å². The minimum absolute atomic E-state index is 0.269. The number of hydrogen-bond donors (Lipinski definition) is 0. The third-order valence-electron chi connectivity index (χ3n) is 5.06. The van der Waals surface area contributed by atoms with Gasteiger partial charge in [-0.3, -0.25) is 9.69 Å². The van der Waals surface area contributed by atoms with Crippen LogP contribution >= 0.6 is 0 Å². The van der Waals surface area contributed by atoms with E-state index in [-0.39, 0.29) is 5.91 Å². The molecule has 124 valence electrons. The molecule has 0 radical (unpaired) electrons. The Morgan fingerprint density at radius 3 is 2.48 bits per heavy atom. The summed E-state index contributed by atoms with van der Waals surface area (Å²) in [5, 5.41) is 0. The Labute approximate surface area is 140 Å². The lowest BCUT2D eigenvalue weighted by Crippen LogP contribution is -2.49. The molecule has 1 aromatic rings. The Kier molecular flexibility index (Phi) is 5.87. The van der Waals surface area contributed by atoms with Crippen LogP contribution in [0.25, 0.3) is 0 Å². The van der Waals surface area contributed by atoms with E-state index in [4.69, 9.17) is 0 Å². The quantitative estimate of drug-likeness (QED) is 0.779. The Bertz CT molecular complexity index is 530. The van der Waals surface area contributed by atoms with Crippen molar-refractivity contribution in [3.63, 3.8) is 0 Å². The highest BCUT2D eigenvalue weighted by molar-refractivity contribution is 5.78. The van der Waals surface area contributed by atoms with Crippen molar-refractivity contribution in [3.8, 4) is 0 Å². The molecule has 0 aromatic heterocycles. The summed E-state index contributed by atoms with van der Waals surface area (Å²) >= 11 is 0. The van der Waals surface area contributed by atoms with E-state index in [0.717, 1.165) is 38.3 Å². The van der Waals surface area contributed by atoms with E-state index in [1.54, 1.807) is 5.57 Å². The molecule has 1 heterocycles. The van der Waals surface area contributed by atoms with Gasteiger partial charge in [0.1, 0.15) is 0 Å². The summed E-state index contributed by atoms with van der Waals surface area (Å²) in [5.74, 6) is 0.269. The SMILES string of the molecule is O=C(Cc1ccccc1)N1CCN(CCC2=CCCCC2)CC1. The lowest BCUT2D eigenvalue weighted by atomic mass is 9.97. The first-order valence-electron chi connectivity index (χ1n) is 9.03. The summed E-state index contributed by atoms with van der Waals surface area (Å²) in [7, 11) is 0. The molecule has 1 aliphatic heterocycles. The van der Waals surface area contributed by atoms with Crippen molar-refractivity contribution in [3.05, 3.63) is 47.5 Å². The van der Waals surface area contributed by atoms with Crippen molar-refractivity contribution < 1.29 is 4.79 Å². The smallest absolute Gasteiger partial charge is 0.227 e. The van der Waals surface area contributed by atoms with E-state index in [9.17, 15) is 4.79 Å². The van der Waals surface area contributed by atoms with Gasteiger partial charge in [-0.15, -0.1) is 0 Å². The van der Waals surface area contributed by atoms with E-state index in [2.05, 4.69) is 11.0 Å². The van der Waals surface area contributed by atoms with E-state index < -0.39 is 0 Å². The number of carbonyl (C=O) groups excluding carboxylic acids is 1. The molecule has 0 unspecified atom stereocenters. The van der Waals surface area contributed by atoms with Crippen LogP contribution in [0.4, 0.5) is 0 Å². The lowest BCUT2D eigenvalue weighted by Gasteiger charge is -2.35. The molecule has 3 rings (SSSR count). The largest absolute Gasteiger partial charge is 0.340 e. The molecular formula is C20H28N2O. The van der Waals surface area contributed by atoms with Gasteiger partial charge in [-0.05, 0) is 37.7 Å². The van der Waals surface area contributed by atoms with Crippen LogP contribution in [0.1, 0.15) is 37.7 Å². The van der Waals surface area contributed by atoms with Crippen molar-refractivity contribution in [2.45, 2.75) is 38.5 Å². The van der Waals surface area contributed by atoms with E-state index in [0.29, 0.717) is 6.42 Å². The van der Waals surface area contributed by atoms with Crippen LogP contribution in [0.2, 0.25) is 0 Å². The highest BCUT2D eigenvalue weighted by atomic mass is 16.2. The van der Waals surface area contributed by atoms with Crippen LogP contribution in [0, 0.1) is 0 Å². The first kappa shape index (κ1) is 16.3. The van der Waals surface area contributed by atoms with Crippen LogP contribution in [0.5, 0.6) is 0 Å². The van der Waals surface area contributed by atoms with Gasteiger partial charge in [-0.1, -0.05) is 42.0 Å². The van der Waals surface area contributed by atoms with Crippen LogP contribution in [0.3, 0.4) is 0 Å². The summed E-state index contributed by atoms with van der Waals surface area (Å²) in [6.45, 7) is 4.96. The molecular weight excluding hydrogens is 284 g/mol. The fraction of sp³-hybridized carbons (Fsp3) is 0.550. The molecule has 1 amide bonds. The monoisotopic (exact) mass is 312 g/mol. The predicted octanol–water partition coefficient (Wildman–Crippen LogP) is 3.26. The molecule has 0 bridgehead atoms. The van der Waals surface area contributed by atoms with Gasteiger partial charge >= 0.3 is 0 Å². The average molecular weight is 312 g/mol. The van der Waals surface area contributed by atoms with Gasteiger partial charge < -0.3 is 4.90 Å². The minimum Gasteiger partial charge on any atom is -0.340 e. The average Bonchev–Trinajstić information content (AvgIpc) is 2.62. The summed E-state index contributed by atoms with van der Waals surface area (Å²) < 4.78 is 0. The first-order chi connectivity index (χ1) is 11.3. The molecule has 3 heteroatoms. The number of piperazine rings is 1.